The first-order chi connectivity index (χ1) is 9.61. The highest BCUT2D eigenvalue weighted by molar-refractivity contribution is 5.02. The molecular weight excluding hydrogens is 250 g/mol. The van der Waals surface area contributed by atoms with E-state index < -0.39 is 0 Å². The van der Waals surface area contributed by atoms with Gasteiger partial charge in [0.1, 0.15) is 0 Å². The predicted molar refractivity (Wildman–Crippen MR) is 79.4 cm³/mol. The quantitative estimate of drug-likeness (QED) is 0.923. The van der Waals surface area contributed by atoms with Crippen molar-refractivity contribution in [1.29, 1.82) is 0 Å². The molecule has 4 nitrogen and oxygen atoms in total. The van der Waals surface area contributed by atoms with E-state index in [1.807, 2.05) is 12.5 Å². The Hall–Kier alpha value is -0.870. The van der Waals surface area contributed by atoms with Crippen molar-refractivity contribution in [3.05, 3.63) is 18.2 Å². The fourth-order valence-corrected chi connectivity index (χ4v) is 4.14. The zero-order valence-electron chi connectivity index (χ0n) is 12.8. The van der Waals surface area contributed by atoms with Crippen LogP contribution in [0, 0.1) is 5.41 Å². The Balaban J connectivity index is 1.70. The monoisotopic (exact) mass is 277 g/mol. The average Bonchev–Trinajstić information content (AvgIpc) is 2.99. The van der Waals surface area contributed by atoms with Gasteiger partial charge < -0.3 is 9.67 Å². The van der Waals surface area contributed by atoms with Gasteiger partial charge in [-0.2, -0.15) is 0 Å². The molecule has 1 spiro atoms. The molecule has 1 aliphatic heterocycles. The van der Waals surface area contributed by atoms with Gasteiger partial charge >= 0.3 is 0 Å². The number of piperidine rings is 1. The third-order valence-electron chi connectivity index (χ3n) is 5.23. The number of aliphatic hydroxyl groups excluding tert-OH is 1. The Bertz CT molecular complexity index is 456. The molecule has 1 aliphatic carbocycles. The molecule has 2 aliphatic rings. The molecule has 0 bridgehead atoms. The highest BCUT2D eigenvalue weighted by Crippen LogP contribution is 2.45. The van der Waals surface area contributed by atoms with Crippen LogP contribution in [0.25, 0.3) is 0 Å². The Labute approximate surface area is 121 Å². The summed E-state index contributed by atoms with van der Waals surface area (Å²) in [7, 11) is 0. The van der Waals surface area contributed by atoms with Crippen molar-refractivity contribution in [1.82, 2.24) is 14.5 Å². The normalized spacial score (nSPS) is 31.5. The maximum Gasteiger partial charge on any atom is 0.0951 e. The van der Waals surface area contributed by atoms with Crippen LogP contribution in [-0.4, -0.2) is 38.8 Å². The van der Waals surface area contributed by atoms with E-state index in [1.54, 1.807) is 0 Å². The van der Waals surface area contributed by atoms with Gasteiger partial charge in [0.2, 0.25) is 0 Å². The zero-order valence-corrected chi connectivity index (χ0v) is 12.8. The number of nitrogens with zero attached hydrogens (tertiary/aromatic N) is 3. The third kappa shape index (κ3) is 2.51. The summed E-state index contributed by atoms with van der Waals surface area (Å²) in [6, 6.07) is 0.461. The first-order valence-corrected chi connectivity index (χ1v) is 8.02. The SMILES string of the molecule is CC(C)n1cncc1CN1CCC[C@]2(CCC[C@H]2O)C1. The first kappa shape index (κ1) is 14.1. The van der Waals surface area contributed by atoms with E-state index in [-0.39, 0.29) is 11.5 Å². The Morgan fingerprint density at radius 1 is 1.40 bits per heavy atom. The summed E-state index contributed by atoms with van der Waals surface area (Å²) >= 11 is 0. The minimum Gasteiger partial charge on any atom is -0.393 e. The van der Waals surface area contributed by atoms with Crippen molar-refractivity contribution in [2.45, 2.75) is 64.6 Å². The maximum atomic E-state index is 10.3. The van der Waals surface area contributed by atoms with Crippen molar-refractivity contribution in [3.8, 4) is 0 Å². The average molecular weight is 277 g/mol. The Morgan fingerprint density at radius 2 is 2.20 bits per heavy atom. The second kappa shape index (κ2) is 5.49. The van der Waals surface area contributed by atoms with Gasteiger partial charge in [-0.25, -0.2) is 4.98 Å². The number of aromatic nitrogens is 2. The standard InChI is InChI=1S/C16H27N3O/c1-13(2)19-12-17-9-14(19)10-18-8-4-7-16(11-18)6-3-5-15(16)20/h9,12-13,15,20H,3-8,10-11H2,1-2H3/t15-,16-/m1/s1. The molecule has 1 saturated carbocycles. The van der Waals surface area contributed by atoms with Crippen molar-refractivity contribution >= 4 is 0 Å². The van der Waals surface area contributed by atoms with Crippen LogP contribution in [0.1, 0.15) is 57.7 Å². The van der Waals surface area contributed by atoms with E-state index in [0.717, 1.165) is 26.1 Å². The topological polar surface area (TPSA) is 41.3 Å². The fourth-order valence-electron chi connectivity index (χ4n) is 4.14. The van der Waals surface area contributed by atoms with Gasteiger partial charge in [0.05, 0.1) is 18.1 Å². The van der Waals surface area contributed by atoms with E-state index in [4.69, 9.17) is 0 Å². The first-order valence-electron chi connectivity index (χ1n) is 8.02. The van der Waals surface area contributed by atoms with Gasteiger partial charge in [0, 0.05) is 30.7 Å². The molecule has 1 N–H and O–H groups in total. The molecule has 0 radical (unpaired) electrons. The summed E-state index contributed by atoms with van der Waals surface area (Å²) in [5.41, 5.74) is 1.48. The second-order valence-corrected chi connectivity index (χ2v) is 6.97. The molecule has 3 rings (SSSR count). The highest BCUT2D eigenvalue weighted by Gasteiger charge is 2.44. The van der Waals surface area contributed by atoms with E-state index in [1.165, 1.54) is 31.4 Å². The minimum absolute atomic E-state index is 0.0830. The van der Waals surface area contributed by atoms with Gasteiger partial charge in [-0.3, -0.25) is 4.90 Å². The summed E-state index contributed by atoms with van der Waals surface area (Å²) in [6.45, 7) is 7.56. The molecule has 112 valence electrons. The molecule has 4 heteroatoms. The molecule has 0 unspecified atom stereocenters. The smallest absolute Gasteiger partial charge is 0.0951 e. The van der Waals surface area contributed by atoms with Crippen LogP contribution in [-0.2, 0) is 6.54 Å². The number of aliphatic hydroxyl groups is 1. The van der Waals surface area contributed by atoms with Crippen molar-refractivity contribution in [3.63, 3.8) is 0 Å². The van der Waals surface area contributed by atoms with Crippen LogP contribution in [0.3, 0.4) is 0 Å². The molecule has 1 aromatic heterocycles. The molecule has 2 atom stereocenters. The highest BCUT2D eigenvalue weighted by atomic mass is 16.3. The third-order valence-corrected chi connectivity index (χ3v) is 5.23. The van der Waals surface area contributed by atoms with E-state index in [9.17, 15) is 5.11 Å². The van der Waals surface area contributed by atoms with Crippen LogP contribution in [0.2, 0.25) is 0 Å². The lowest BCUT2D eigenvalue weighted by Gasteiger charge is -2.42. The lowest BCUT2D eigenvalue weighted by molar-refractivity contribution is -0.0126. The van der Waals surface area contributed by atoms with Gasteiger partial charge in [0.15, 0.2) is 0 Å². The molecule has 1 aromatic rings. The van der Waals surface area contributed by atoms with Crippen LogP contribution in [0.15, 0.2) is 12.5 Å². The molecule has 2 heterocycles. The number of imidazole rings is 1. The Morgan fingerprint density at radius 3 is 2.90 bits per heavy atom. The number of rotatable bonds is 3. The summed E-state index contributed by atoms with van der Waals surface area (Å²) in [5, 5.41) is 10.3. The van der Waals surface area contributed by atoms with Gasteiger partial charge in [-0.05, 0) is 46.1 Å². The molecule has 2 fully saturated rings. The number of likely N-dealkylation sites (tertiary alicyclic amines) is 1. The number of hydrogen-bond donors (Lipinski definition) is 1. The van der Waals surface area contributed by atoms with Gasteiger partial charge in [-0.15, -0.1) is 0 Å². The fraction of sp³-hybridized carbons (Fsp3) is 0.812. The molecule has 1 saturated heterocycles. The van der Waals surface area contributed by atoms with Gasteiger partial charge in [0.25, 0.3) is 0 Å². The van der Waals surface area contributed by atoms with E-state index in [0.29, 0.717) is 6.04 Å². The van der Waals surface area contributed by atoms with Crippen molar-refractivity contribution in [2.24, 2.45) is 5.41 Å². The summed E-state index contributed by atoms with van der Waals surface area (Å²) in [4.78, 5) is 6.82. The van der Waals surface area contributed by atoms with Crippen LogP contribution in [0.5, 0.6) is 0 Å². The lowest BCUT2D eigenvalue weighted by Crippen LogP contribution is -2.47. The predicted octanol–water partition coefficient (Wildman–Crippen LogP) is 2.59. The maximum absolute atomic E-state index is 10.3. The van der Waals surface area contributed by atoms with E-state index >= 15 is 0 Å². The van der Waals surface area contributed by atoms with Crippen LogP contribution < -0.4 is 0 Å². The largest absolute Gasteiger partial charge is 0.393 e. The second-order valence-electron chi connectivity index (χ2n) is 6.97. The van der Waals surface area contributed by atoms with Gasteiger partial charge in [-0.1, -0.05) is 6.42 Å². The lowest BCUT2D eigenvalue weighted by atomic mass is 9.76. The molecule has 0 amide bonds. The molecular formula is C16H27N3O. The Kier molecular flexibility index (Phi) is 3.87. The van der Waals surface area contributed by atoms with Crippen molar-refractivity contribution in [2.75, 3.05) is 13.1 Å². The molecule has 20 heavy (non-hydrogen) atoms. The van der Waals surface area contributed by atoms with Crippen molar-refractivity contribution < 1.29 is 5.11 Å². The summed E-state index contributed by atoms with van der Waals surface area (Å²) < 4.78 is 2.26. The zero-order chi connectivity index (χ0) is 14.2. The van der Waals surface area contributed by atoms with Crippen LogP contribution in [0.4, 0.5) is 0 Å². The van der Waals surface area contributed by atoms with E-state index in [2.05, 4.69) is 28.3 Å². The molecule has 0 aromatic carbocycles. The minimum atomic E-state index is -0.0830. The summed E-state index contributed by atoms with van der Waals surface area (Å²) in [6.07, 6.45) is 9.66. The number of hydrogen-bond acceptors (Lipinski definition) is 3. The summed E-state index contributed by atoms with van der Waals surface area (Å²) in [5.74, 6) is 0. The van der Waals surface area contributed by atoms with Crippen LogP contribution >= 0.6 is 0 Å².